The molecule has 4 rings (SSSR count). The van der Waals surface area contributed by atoms with Crippen LogP contribution in [-0.4, -0.2) is 19.7 Å². The summed E-state index contributed by atoms with van der Waals surface area (Å²) in [5.41, 5.74) is 3.74. The van der Waals surface area contributed by atoms with Crippen molar-refractivity contribution in [1.82, 2.24) is 19.7 Å². The predicted molar refractivity (Wildman–Crippen MR) is 78.8 cm³/mol. The quantitative estimate of drug-likeness (QED) is 0.607. The van der Waals surface area contributed by atoms with Crippen molar-refractivity contribution in [3.8, 4) is 22.6 Å². The van der Waals surface area contributed by atoms with Crippen LogP contribution in [0.25, 0.3) is 27.8 Å². The van der Waals surface area contributed by atoms with Crippen molar-refractivity contribution in [2.24, 2.45) is 0 Å². The summed E-state index contributed by atoms with van der Waals surface area (Å²) in [5.74, 6) is 0.00862. The number of aromatic amines is 1. The summed E-state index contributed by atoms with van der Waals surface area (Å²) in [5, 5.41) is 16.6. The Kier molecular flexibility index (Phi) is 2.50. The average molecular weight is 275 g/mol. The van der Waals surface area contributed by atoms with Gasteiger partial charge in [0.2, 0.25) is 0 Å². The Morgan fingerprint density at radius 2 is 1.86 bits per heavy atom. The van der Waals surface area contributed by atoms with Gasteiger partial charge < -0.3 is 4.98 Å². The molecule has 1 radical (unpaired) electrons. The maximum absolute atomic E-state index is 11.2. The van der Waals surface area contributed by atoms with Gasteiger partial charge in [0.1, 0.15) is 5.65 Å². The third-order valence-electron chi connectivity index (χ3n) is 3.45. The Labute approximate surface area is 120 Å². The molecule has 0 aliphatic carbocycles. The number of hydrogen-bond donors (Lipinski definition) is 1. The number of rotatable bonds is 2. The largest absolute Gasteiger partial charge is 0.346 e. The fraction of sp³-hybridized carbons (Fsp3) is 0. The molecule has 0 aliphatic rings. The number of nitrogens with zero attached hydrogens (tertiary/aromatic N) is 3. The molecule has 3 heterocycles. The van der Waals surface area contributed by atoms with Crippen LogP contribution in [0, 0.1) is 0 Å². The summed E-state index contributed by atoms with van der Waals surface area (Å²) in [6, 6.07) is 10.6. The van der Waals surface area contributed by atoms with Crippen molar-refractivity contribution >= 4 is 11.0 Å². The van der Waals surface area contributed by atoms with Crippen molar-refractivity contribution < 1.29 is 5.11 Å². The fourth-order valence-corrected chi connectivity index (χ4v) is 2.40. The second kappa shape index (κ2) is 4.49. The first kappa shape index (κ1) is 11.7. The van der Waals surface area contributed by atoms with Crippen molar-refractivity contribution in [3.63, 3.8) is 0 Å². The molecule has 0 aliphatic heterocycles. The average Bonchev–Trinajstić information content (AvgIpc) is 3.16. The minimum atomic E-state index is 0.00862. The van der Waals surface area contributed by atoms with Gasteiger partial charge >= 0.3 is 0 Å². The SMILES string of the molecule is [O]c1ccc(-c2cnn(-c3ccnc4[nH]ccc34)c2)cc1. The van der Waals surface area contributed by atoms with E-state index < -0.39 is 0 Å². The Bertz CT molecular complexity index is 905. The molecule has 1 aromatic carbocycles. The van der Waals surface area contributed by atoms with Crippen molar-refractivity contribution in [3.05, 3.63) is 61.2 Å². The molecule has 0 saturated carbocycles. The first-order chi connectivity index (χ1) is 10.3. The molecule has 0 fully saturated rings. The van der Waals surface area contributed by atoms with Gasteiger partial charge in [-0.15, -0.1) is 0 Å². The molecule has 0 bridgehead atoms. The van der Waals surface area contributed by atoms with E-state index in [1.807, 2.05) is 41.3 Å². The molecule has 5 heteroatoms. The summed E-state index contributed by atoms with van der Waals surface area (Å²) >= 11 is 0. The topological polar surface area (TPSA) is 66.4 Å². The number of H-pyrrole nitrogens is 1. The molecular weight excluding hydrogens is 264 g/mol. The maximum atomic E-state index is 11.2. The molecule has 1 N–H and O–H groups in total. The van der Waals surface area contributed by atoms with Crippen LogP contribution in [0.3, 0.4) is 0 Å². The van der Waals surface area contributed by atoms with Crippen LogP contribution in [0.1, 0.15) is 0 Å². The van der Waals surface area contributed by atoms with Crippen LogP contribution in [0.5, 0.6) is 5.75 Å². The highest BCUT2D eigenvalue weighted by Gasteiger charge is 2.08. The molecule has 0 atom stereocenters. The van der Waals surface area contributed by atoms with Crippen molar-refractivity contribution in [2.75, 3.05) is 0 Å². The van der Waals surface area contributed by atoms with Gasteiger partial charge in [-0.25, -0.2) is 9.67 Å². The molecule has 21 heavy (non-hydrogen) atoms. The number of pyridine rings is 1. The lowest BCUT2D eigenvalue weighted by Crippen LogP contribution is -1.95. The van der Waals surface area contributed by atoms with Gasteiger partial charge in [0.05, 0.1) is 11.9 Å². The second-order valence-electron chi connectivity index (χ2n) is 4.77. The monoisotopic (exact) mass is 275 g/mol. The molecular formula is C16H11N4O. The van der Waals surface area contributed by atoms with Crippen LogP contribution in [-0.2, 0) is 5.11 Å². The lowest BCUT2D eigenvalue weighted by molar-refractivity contribution is 0.355. The van der Waals surface area contributed by atoms with E-state index in [4.69, 9.17) is 0 Å². The smallest absolute Gasteiger partial charge is 0.178 e. The molecule has 0 saturated heterocycles. The van der Waals surface area contributed by atoms with Crippen LogP contribution in [0.4, 0.5) is 0 Å². The minimum Gasteiger partial charge on any atom is -0.346 e. The second-order valence-corrected chi connectivity index (χ2v) is 4.77. The summed E-state index contributed by atoms with van der Waals surface area (Å²) in [6.45, 7) is 0. The standard InChI is InChI=1S/C16H11N4O/c21-13-3-1-11(2-4-13)12-9-19-20(10-12)15-6-8-18-16-14(15)5-7-17-16/h1-10H,(H,17,18). The predicted octanol–water partition coefficient (Wildman–Crippen LogP) is 3.56. The van der Waals surface area contributed by atoms with Gasteiger partial charge in [0.15, 0.2) is 5.75 Å². The highest BCUT2D eigenvalue weighted by atomic mass is 16.3. The van der Waals surface area contributed by atoms with Crippen LogP contribution >= 0.6 is 0 Å². The van der Waals surface area contributed by atoms with E-state index in [0.717, 1.165) is 27.8 Å². The van der Waals surface area contributed by atoms with Gasteiger partial charge in [-0.1, -0.05) is 12.1 Å². The summed E-state index contributed by atoms with van der Waals surface area (Å²) < 4.78 is 1.82. The first-order valence-electron chi connectivity index (χ1n) is 6.56. The molecule has 0 spiro atoms. The molecule has 0 unspecified atom stereocenters. The molecule has 0 amide bonds. The highest BCUT2D eigenvalue weighted by Crippen LogP contribution is 2.24. The molecule has 5 nitrogen and oxygen atoms in total. The lowest BCUT2D eigenvalue weighted by atomic mass is 10.1. The minimum absolute atomic E-state index is 0.00862. The summed E-state index contributed by atoms with van der Waals surface area (Å²) in [7, 11) is 0. The summed E-state index contributed by atoms with van der Waals surface area (Å²) in [6.07, 6.45) is 7.35. The van der Waals surface area contributed by atoms with Crippen LogP contribution < -0.4 is 0 Å². The van der Waals surface area contributed by atoms with E-state index in [-0.39, 0.29) is 5.75 Å². The van der Waals surface area contributed by atoms with E-state index in [9.17, 15) is 5.11 Å². The van der Waals surface area contributed by atoms with E-state index >= 15 is 0 Å². The number of nitrogens with one attached hydrogen (secondary N) is 1. The van der Waals surface area contributed by atoms with Gasteiger partial charge in [0, 0.05) is 29.5 Å². The van der Waals surface area contributed by atoms with Crippen LogP contribution in [0.2, 0.25) is 0 Å². The maximum Gasteiger partial charge on any atom is 0.178 e. The molecule has 101 valence electrons. The van der Waals surface area contributed by atoms with E-state index in [2.05, 4.69) is 15.1 Å². The van der Waals surface area contributed by atoms with E-state index in [0.29, 0.717) is 0 Å². The normalized spacial score (nSPS) is 11.0. The third kappa shape index (κ3) is 1.95. The molecule has 3 aromatic heterocycles. The Hall–Kier alpha value is -3.08. The number of fused-ring (bicyclic) bond motifs is 1. The van der Waals surface area contributed by atoms with Gasteiger partial charge in [-0.2, -0.15) is 5.10 Å². The van der Waals surface area contributed by atoms with E-state index in [1.54, 1.807) is 24.5 Å². The Morgan fingerprint density at radius 1 is 1.00 bits per heavy atom. The van der Waals surface area contributed by atoms with Gasteiger partial charge in [-0.3, -0.25) is 5.11 Å². The highest BCUT2D eigenvalue weighted by molar-refractivity contribution is 5.84. The van der Waals surface area contributed by atoms with Crippen molar-refractivity contribution in [1.29, 1.82) is 0 Å². The number of hydrogen-bond acceptors (Lipinski definition) is 2. The Balaban J connectivity index is 1.81. The summed E-state index contributed by atoms with van der Waals surface area (Å²) in [4.78, 5) is 7.36. The first-order valence-corrected chi connectivity index (χ1v) is 6.56. The Morgan fingerprint density at radius 3 is 2.71 bits per heavy atom. The van der Waals surface area contributed by atoms with Crippen LogP contribution in [0.15, 0.2) is 61.2 Å². The molecule has 4 aromatic rings. The third-order valence-corrected chi connectivity index (χ3v) is 3.45. The number of benzene rings is 1. The lowest BCUT2D eigenvalue weighted by Gasteiger charge is -2.02. The zero-order valence-electron chi connectivity index (χ0n) is 11.0. The zero-order valence-corrected chi connectivity index (χ0v) is 11.0. The zero-order chi connectivity index (χ0) is 14.2. The fourth-order valence-electron chi connectivity index (χ4n) is 2.40. The van der Waals surface area contributed by atoms with Gasteiger partial charge in [-0.05, 0) is 29.8 Å². The van der Waals surface area contributed by atoms with Crippen molar-refractivity contribution in [2.45, 2.75) is 0 Å². The van der Waals surface area contributed by atoms with Gasteiger partial charge in [0.25, 0.3) is 0 Å². The number of aromatic nitrogens is 4. The van der Waals surface area contributed by atoms with E-state index in [1.165, 1.54) is 0 Å².